The van der Waals surface area contributed by atoms with Crippen molar-refractivity contribution in [2.45, 2.75) is 36.8 Å². The van der Waals surface area contributed by atoms with Crippen molar-refractivity contribution in [3.05, 3.63) is 12.7 Å². The minimum absolute atomic E-state index is 0.501. The van der Waals surface area contributed by atoms with Crippen molar-refractivity contribution in [1.29, 1.82) is 0 Å². The van der Waals surface area contributed by atoms with E-state index in [1.54, 1.807) is 0 Å². The van der Waals surface area contributed by atoms with Gasteiger partial charge in [-0.05, 0) is 6.08 Å². The standard InChI is InChI=1S/C8H7F9/c1-2-5(9,10)6(11,12)3-4-7(13,14)8(15,16)17/h2H,1,3-4H2. The Hall–Kier alpha value is -0.890. The van der Waals surface area contributed by atoms with E-state index in [4.69, 9.17) is 0 Å². The fourth-order valence-corrected chi connectivity index (χ4v) is 0.772. The molecule has 0 unspecified atom stereocenters. The number of hydrogen-bond donors (Lipinski definition) is 0. The molecular formula is C8H7F9. The summed E-state index contributed by atoms with van der Waals surface area (Å²) in [6, 6.07) is 0. The van der Waals surface area contributed by atoms with E-state index in [1.165, 1.54) is 0 Å². The first-order valence-electron chi connectivity index (χ1n) is 4.10. The second-order valence-electron chi connectivity index (χ2n) is 3.23. The lowest BCUT2D eigenvalue weighted by Gasteiger charge is -2.26. The van der Waals surface area contributed by atoms with Crippen LogP contribution >= 0.6 is 0 Å². The quantitative estimate of drug-likeness (QED) is 0.514. The maximum Gasteiger partial charge on any atom is 0.453 e. The molecule has 0 spiro atoms. The molecule has 0 saturated heterocycles. The lowest BCUT2D eigenvalue weighted by Crippen LogP contribution is -2.43. The van der Waals surface area contributed by atoms with Gasteiger partial charge in [0.25, 0.3) is 0 Å². The second kappa shape index (κ2) is 4.41. The summed E-state index contributed by atoms with van der Waals surface area (Å²) in [6.45, 7) is 2.35. The van der Waals surface area contributed by atoms with E-state index in [0.29, 0.717) is 0 Å². The molecule has 0 aliphatic heterocycles. The summed E-state index contributed by atoms with van der Waals surface area (Å²) in [7, 11) is 0. The first-order valence-corrected chi connectivity index (χ1v) is 4.10. The third kappa shape index (κ3) is 3.53. The van der Waals surface area contributed by atoms with Crippen LogP contribution in [0.2, 0.25) is 0 Å². The largest absolute Gasteiger partial charge is 0.453 e. The fourth-order valence-electron chi connectivity index (χ4n) is 0.772. The van der Waals surface area contributed by atoms with Gasteiger partial charge in [0.1, 0.15) is 0 Å². The zero-order valence-corrected chi connectivity index (χ0v) is 8.10. The minimum atomic E-state index is -6.05. The molecule has 0 aromatic heterocycles. The Morgan fingerprint density at radius 1 is 0.706 bits per heavy atom. The van der Waals surface area contributed by atoms with Gasteiger partial charge in [0.15, 0.2) is 0 Å². The molecule has 0 radical (unpaired) electrons. The van der Waals surface area contributed by atoms with Gasteiger partial charge in [0.05, 0.1) is 0 Å². The molecule has 17 heavy (non-hydrogen) atoms. The SMILES string of the molecule is C=CC(F)(F)C(F)(F)CCC(F)(F)C(F)(F)F. The molecule has 0 nitrogen and oxygen atoms in total. The van der Waals surface area contributed by atoms with Crippen molar-refractivity contribution in [1.82, 2.24) is 0 Å². The summed E-state index contributed by atoms with van der Waals surface area (Å²) in [6.07, 6.45) is -11.3. The Kier molecular flexibility index (Phi) is 4.18. The summed E-state index contributed by atoms with van der Waals surface area (Å²) in [5, 5.41) is 0. The summed E-state index contributed by atoms with van der Waals surface area (Å²) >= 11 is 0. The summed E-state index contributed by atoms with van der Waals surface area (Å²) < 4.78 is 109. The molecule has 0 bridgehead atoms. The van der Waals surface area contributed by atoms with E-state index in [0.717, 1.165) is 0 Å². The van der Waals surface area contributed by atoms with Gasteiger partial charge in [-0.3, -0.25) is 0 Å². The minimum Gasteiger partial charge on any atom is -0.200 e. The topological polar surface area (TPSA) is 0 Å². The number of allylic oxidation sites excluding steroid dienone is 1. The van der Waals surface area contributed by atoms with Crippen molar-refractivity contribution in [3.63, 3.8) is 0 Å². The van der Waals surface area contributed by atoms with E-state index in [1.807, 2.05) is 0 Å². The van der Waals surface area contributed by atoms with Crippen LogP contribution < -0.4 is 0 Å². The Morgan fingerprint density at radius 2 is 1.06 bits per heavy atom. The van der Waals surface area contributed by atoms with Crippen molar-refractivity contribution in [2.24, 2.45) is 0 Å². The van der Waals surface area contributed by atoms with E-state index in [2.05, 4.69) is 6.58 Å². The van der Waals surface area contributed by atoms with Crippen molar-refractivity contribution in [3.8, 4) is 0 Å². The van der Waals surface area contributed by atoms with Crippen LogP contribution in [0.15, 0.2) is 12.7 Å². The van der Waals surface area contributed by atoms with Crippen molar-refractivity contribution < 1.29 is 39.5 Å². The first kappa shape index (κ1) is 16.1. The molecule has 0 aromatic carbocycles. The second-order valence-corrected chi connectivity index (χ2v) is 3.23. The predicted molar refractivity (Wildman–Crippen MR) is 40.3 cm³/mol. The highest BCUT2D eigenvalue weighted by Crippen LogP contribution is 2.44. The van der Waals surface area contributed by atoms with Crippen LogP contribution in [-0.4, -0.2) is 23.9 Å². The summed E-state index contributed by atoms with van der Waals surface area (Å²) in [5.41, 5.74) is 0. The number of hydrogen-bond acceptors (Lipinski definition) is 0. The molecule has 0 aliphatic rings. The maximum absolute atomic E-state index is 12.6. The molecule has 0 saturated carbocycles. The van der Waals surface area contributed by atoms with Gasteiger partial charge in [-0.2, -0.15) is 39.5 Å². The molecular weight excluding hydrogens is 267 g/mol. The Balaban J connectivity index is 4.74. The maximum atomic E-state index is 12.6. The average molecular weight is 274 g/mol. The van der Waals surface area contributed by atoms with Crippen LogP contribution in [-0.2, 0) is 0 Å². The van der Waals surface area contributed by atoms with Crippen LogP contribution in [0.25, 0.3) is 0 Å². The highest BCUT2D eigenvalue weighted by Gasteiger charge is 2.61. The molecule has 0 amide bonds. The molecule has 102 valence electrons. The third-order valence-electron chi connectivity index (χ3n) is 1.91. The van der Waals surface area contributed by atoms with Gasteiger partial charge in [-0.25, -0.2) is 0 Å². The highest BCUT2D eigenvalue weighted by atomic mass is 19.4. The third-order valence-corrected chi connectivity index (χ3v) is 1.91. The van der Waals surface area contributed by atoms with Crippen LogP contribution in [0.5, 0.6) is 0 Å². The Morgan fingerprint density at radius 3 is 1.35 bits per heavy atom. The van der Waals surface area contributed by atoms with Gasteiger partial charge >= 0.3 is 23.9 Å². The predicted octanol–water partition coefficient (Wildman–Crippen LogP) is 4.42. The molecule has 0 heterocycles. The van der Waals surface area contributed by atoms with Gasteiger partial charge in [-0.1, -0.05) is 6.58 Å². The van der Waals surface area contributed by atoms with E-state index in [9.17, 15) is 39.5 Å². The summed E-state index contributed by atoms with van der Waals surface area (Å²) in [4.78, 5) is 0. The van der Waals surface area contributed by atoms with Crippen LogP contribution in [0.4, 0.5) is 39.5 Å². The van der Waals surface area contributed by atoms with E-state index < -0.39 is 42.9 Å². The van der Waals surface area contributed by atoms with Gasteiger partial charge in [-0.15, -0.1) is 0 Å². The van der Waals surface area contributed by atoms with Gasteiger partial charge < -0.3 is 0 Å². The molecule has 9 heteroatoms. The monoisotopic (exact) mass is 274 g/mol. The van der Waals surface area contributed by atoms with Crippen LogP contribution in [0.3, 0.4) is 0 Å². The molecule has 0 fully saturated rings. The Labute approximate surface area is 90.1 Å². The zero-order valence-electron chi connectivity index (χ0n) is 8.10. The molecule has 0 rings (SSSR count). The molecule has 0 N–H and O–H groups in total. The van der Waals surface area contributed by atoms with Crippen LogP contribution in [0.1, 0.15) is 12.8 Å². The Bertz CT molecular complexity index is 275. The lowest BCUT2D eigenvalue weighted by molar-refractivity contribution is -0.291. The molecule has 0 aliphatic carbocycles. The lowest BCUT2D eigenvalue weighted by atomic mass is 10.0. The van der Waals surface area contributed by atoms with Crippen LogP contribution in [0, 0.1) is 0 Å². The van der Waals surface area contributed by atoms with Crippen molar-refractivity contribution >= 4 is 0 Å². The smallest absolute Gasteiger partial charge is 0.200 e. The van der Waals surface area contributed by atoms with Crippen molar-refractivity contribution in [2.75, 3.05) is 0 Å². The first-order chi connectivity index (χ1) is 7.27. The van der Waals surface area contributed by atoms with Gasteiger partial charge in [0.2, 0.25) is 0 Å². The van der Waals surface area contributed by atoms with E-state index in [-0.39, 0.29) is 0 Å². The summed E-state index contributed by atoms with van der Waals surface area (Å²) in [5.74, 6) is -15.3. The zero-order chi connectivity index (χ0) is 14.1. The van der Waals surface area contributed by atoms with Gasteiger partial charge in [0, 0.05) is 12.8 Å². The molecule has 0 aromatic rings. The number of rotatable bonds is 5. The van der Waals surface area contributed by atoms with E-state index >= 15 is 0 Å². The number of halogens is 9. The average Bonchev–Trinajstić information content (AvgIpc) is 2.13. The fraction of sp³-hybridized carbons (Fsp3) is 0.750. The normalized spacial score (nSPS) is 14.9. The number of alkyl halides is 9. The highest BCUT2D eigenvalue weighted by molar-refractivity contribution is 4.99. The molecule has 0 atom stereocenters.